The molecule has 0 spiro atoms. The Morgan fingerprint density at radius 2 is 1.95 bits per heavy atom. The zero-order valence-electron chi connectivity index (χ0n) is 10.9. The van der Waals surface area contributed by atoms with E-state index in [1.807, 2.05) is 0 Å². The van der Waals surface area contributed by atoms with Gasteiger partial charge in [0, 0.05) is 20.3 Å². The van der Waals surface area contributed by atoms with Gasteiger partial charge in [-0.2, -0.15) is 0 Å². The van der Waals surface area contributed by atoms with Crippen molar-refractivity contribution in [1.82, 2.24) is 9.13 Å². The molecule has 104 valence electrons. The fourth-order valence-electron chi connectivity index (χ4n) is 1.43. The number of hydrogen-bond donors (Lipinski definition) is 1. The van der Waals surface area contributed by atoms with Crippen LogP contribution in [0.25, 0.3) is 0 Å². The first-order valence-electron chi connectivity index (χ1n) is 5.59. The van der Waals surface area contributed by atoms with Gasteiger partial charge < -0.3 is 14.6 Å². The van der Waals surface area contributed by atoms with E-state index in [-0.39, 0.29) is 12.3 Å². The van der Waals surface area contributed by atoms with Crippen LogP contribution >= 0.6 is 0 Å². The Labute approximate surface area is 108 Å². The highest BCUT2D eigenvalue weighted by atomic mass is 16.5. The van der Waals surface area contributed by atoms with Crippen molar-refractivity contribution in [2.45, 2.75) is 13.3 Å². The number of esters is 1. The van der Waals surface area contributed by atoms with Gasteiger partial charge in [0.2, 0.25) is 5.91 Å². The van der Waals surface area contributed by atoms with Crippen LogP contribution in [0.2, 0.25) is 0 Å². The van der Waals surface area contributed by atoms with Crippen LogP contribution in [0.5, 0.6) is 0 Å². The van der Waals surface area contributed by atoms with Gasteiger partial charge in [-0.3, -0.25) is 19.0 Å². The number of carbonyl (C=O) groups excluding carboxylic acids is 2. The van der Waals surface area contributed by atoms with Crippen LogP contribution in [-0.2, 0) is 28.4 Å². The maximum atomic E-state index is 11.7. The van der Waals surface area contributed by atoms with Gasteiger partial charge in [0.15, 0.2) is 0 Å². The second-order valence-corrected chi connectivity index (χ2v) is 3.83. The first-order valence-corrected chi connectivity index (χ1v) is 5.59. The average Bonchev–Trinajstić information content (AvgIpc) is 2.33. The van der Waals surface area contributed by atoms with Gasteiger partial charge in [0.05, 0.1) is 6.61 Å². The highest BCUT2D eigenvalue weighted by molar-refractivity contribution is 6.01. The number of nitrogens with one attached hydrogen (secondary N) is 1. The Balaban J connectivity index is 2.90. The molecule has 0 aliphatic rings. The summed E-state index contributed by atoms with van der Waals surface area (Å²) in [5.74, 6) is -1.35. The van der Waals surface area contributed by atoms with E-state index in [1.165, 1.54) is 20.3 Å². The third-order valence-corrected chi connectivity index (χ3v) is 2.33. The predicted octanol–water partition coefficient (Wildman–Crippen LogP) is -1.02. The summed E-state index contributed by atoms with van der Waals surface area (Å²) in [5.41, 5.74) is -1.22. The highest BCUT2D eigenvalue weighted by Crippen LogP contribution is 1.97. The molecule has 1 N–H and O–H groups in total. The molecule has 0 radical (unpaired) electrons. The number of rotatable bonds is 4. The van der Waals surface area contributed by atoms with Crippen LogP contribution in [0.3, 0.4) is 0 Å². The third-order valence-electron chi connectivity index (χ3n) is 2.33. The van der Waals surface area contributed by atoms with E-state index >= 15 is 0 Å². The normalized spacial score (nSPS) is 10.1. The van der Waals surface area contributed by atoms with Crippen molar-refractivity contribution in [3.63, 3.8) is 0 Å². The molecule has 19 heavy (non-hydrogen) atoms. The van der Waals surface area contributed by atoms with Crippen LogP contribution in [0.4, 0.5) is 5.69 Å². The van der Waals surface area contributed by atoms with Crippen molar-refractivity contribution in [2.24, 2.45) is 14.1 Å². The van der Waals surface area contributed by atoms with Crippen LogP contribution in [0, 0.1) is 0 Å². The quantitative estimate of drug-likeness (QED) is 0.557. The lowest BCUT2D eigenvalue weighted by Gasteiger charge is -2.08. The zero-order valence-corrected chi connectivity index (χ0v) is 10.9. The van der Waals surface area contributed by atoms with E-state index < -0.39 is 29.5 Å². The van der Waals surface area contributed by atoms with Gasteiger partial charge in [0.1, 0.15) is 12.1 Å². The average molecular weight is 269 g/mol. The second-order valence-electron chi connectivity index (χ2n) is 3.83. The minimum atomic E-state index is -0.679. The summed E-state index contributed by atoms with van der Waals surface area (Å²) >= 11 is 0. The molecule has 0 fully saturated rings. The highest BCUT2D eigenvalue weighted by Gasteiger charge is 2.13. The van der Waals surface area contributed by atoms with Gasteiger partial charge in [0.25, 0.3) is 5.56 Å². The zero-order chi connectivity index (χ0) is 14.6. The summed E-state index contributed by atoms with van der Waals surface area (Å²) in [5, 5.41) is 2.28. The maximum absolute atomic E-state index is 11.7. The van der Waals surface area contributed by atoms with Gasteiger partial charge >= 0.3 is 11.7 Å². The van der Waals surface area contributed by atoms with Crippen molar-refractivity contribution in [1.29, 1.82) is 0 Å². The summed E-state index contributed by atoms with van der Waals surface area (Å²) in [4.78, 5) is 45.7. The number of aryl methyl sites for hydroxylation is 1. The molecule has 1 aromatic rings. The molecule has 0 unspecified atom stereocenters. The molecule has 0 saturated heterocycles. The summed E-state index contributed by atoms with van der Waals surface area (Å²) in [6, 6.07) is 0. The van der Waals surface area contributed by atoms with E-state index in [9.17, 15) is 19.2 Å². The number of carbonyl (C=O) groups is 2. The first-order chi connectivity index (χ1) is 8.86. The van der Waals surface area contributed by atoms with Gasteiger partial charge in [-0.05, 0) is 6.92 Å². The summed E-state index contributed by atoms with van der Waals surface area (Å²) in [7, 11) is 2.74. The molecule has 1 heterocycles. The fourth-order valence-corrected chi connectivity index (χ4v) is 1.43. The van der Waals surface area contributed by atoms with Crippen molar-refractivity contribution >= 4 is 17.6 Å². The molecule has 0 atom stereocenters. The van der Waals surface area contributed by atoms with Crippen molar-refractivity contribution in [3.8, 4) is 0 Å². The van der Waals surface area contributed by atoms with Crippen molar-refractivity contribution < 1.29 is 14.3 Å². The molecular formula is C11H15N3O5. The molecule has 1 aromatic heterocycles. The van der Waals surface area contributed by atoms with Crippen molar-refractivity contribution in [3.05, 3.63) is 27.0 Å². The number of amides is 1. The smallest absolute Gasteiger partial charge is 0.330 e. The molecular weight excluding hydrogens is 254 g/mol. The van der Waals surface area contributed by atoms with E-state index in [0.717, 1.165) is 9.13 Å². The molecule has 1 rings (SSSR count). The van der Waals surface area contributed by atoms with Crippen molar-refractivity contribution in [2.75, 3.05) is 11.9 Å². The Morgan fingerprint density at radius 3 is 2.53 bits per heavy atom. The van der Waals surface area contributed by atoms with Crippen LogP contribution in [0.1, 0.15) is 13.3 Å². The summed E-state index contributed by atoms with van der Waals surface area (Å²) < 4.78 is 6.62. The summed E-state index contributed by atoms with van der Waals surface area (Å²) in [6.45, 7) is 1.80. The Morgan fingerprint density at radius 1 is 1.32 bits per heavy atom. The largest absolute Gasteiger partial charge is 0.466 e. The van der Waals surface area contributed by atoms with E-state index in [4.69, 9.17) is 0 Å². The minimum Gasteiger partial charge on any atom is -0.466 e. The monoisotopic (exact) mass is 269 g/mol. The van der Waals surface area contributed by atoms with Crippen LogP contribution < -0.4 is 16.6 Å². The first kappa shape index (κ1) is 14.7. The van der Waals surface area contributed by atoms with E-state index in [2.05, 4.69) is 10.1 Å². The lowest BCUT2D eigenvalue weighted by atomic mass is 10.4. The molecule has 0 bridgehead atoms. The van der Waals surface area contributed by atoms with E-state index in [0.29, 0.717) is 0 Å². The molecule has 0 aromatic carbocycles. The van der Waals surface area contributed by atoms with Crippen LogP contribution in [0.15, 0.2) is 15.8 Å². The molecule has 0 saturated carbocycles. The topological polar surface area (TPSA) is 99.4 Å². The predicted molar refractivity (Wildman–Crippen MR) is 66.8 cm³/mol. The molecule has 8 heteroatoms. The Hall–Kier alpha value is -2.38. The Bertz CT molecular complexity index is 614. The molecule has 0 aliphatic carbocycles. The number of aromatic nitrogens is 2. The van der Waals surface area contributed by atoms with Gasteiger partial charge in [-0.15, -0.1) is 0 Å². The standard InChI is InChI=1S/C11H15N3O5/c1-4-19-9(16)5-8(15)12-7-6-13(2)11(18)14(3)10(7)17/h6H,4-5H2,1-3H3,(H,12,15). The SMILES string of the molecule is CCOC(=O)CC(=O)Nc1cn(C)c(=O)n(C)c1=O. The lowest BCUT2D eigenvalue weighted by molar-refractivity contribution is -0.145. The fraction of sp³-hybridized carbons (Fsp3) is 0.455. The number of anilines is 1. The second kappa shape index (κ2) is 5.98. The lowest BCUT2D eigenvalue weighted by Crippen LogP contribution is -2.38. The minimum absolute atomic E-state index is 0.0705. The van der Waals surface area contributed by atoms with Crippen LogP contribution in [-0.4, -0.2) is 27.6 Å². The number of hydrogen-bond acceptors (Lipinski definition) is 5. The van der Waals surface area contributed by atoms with E-state index in [1.54, 1.807) is 6.92 Å². The number of ether oxygens (including phenoxy) is 1. The Kier molecular flexibility index (Phi) is 4.62. The maximum Gasteiger partial charge on any atom is 0.330 e. The molecule has 1 amide bonds. The third kappa shape index (κ3) is 3.54. The summed E-state index contributed by atoms with van der Waals surface area (Å²) in [6.07, 6.45) is 0.716. The molecule has 8 nitrogen and oxygen atoms in total. The number of nitrogens with zero attached hydrogens (tertiary/aromatic N) is 2. The molecule has 0 aliphatic heterocycles. The van der Waals surface area contributed by atoms with Gasteiger partial charge in [-0.25, -0.2) is 4.79 Å². The van der Waals surface area contributed by atoms with Gasteiger partial charge in [-0.1, -0.05) is 0 Å².